The van der Waals surface area contributed by atoms with Crippen molar-refractivity contribution in [3.8, 4) is 0 Å². The average molecular weight is 475 g/mol. The van der Waals surface area contributed by atoms with Gasteiger partial charge in [-0.3, -0.25) is 14.9 Å². The van der Waals surface area contributed by atoms with Crippen LogP contribution in [0.5, 0.6) is 0 Å². The molecule has 2 aromatic heterocycles. The normalized spacial score (nSPS) is 15.9. The molecule has 8 nitrogen and oxygen atoms in total. The van der Waals surface area contributed by atoms with E-state index in [0.717, 1.165) is 33.2 Å². The highest BCUT2D eigenvalue weighted by atomic mass is 16.5. The van der Waals surface area contributed by atoms with Crippen LogP contribution in [0.15, 0.2) is 65.2 Å². The molecule has 3 heterocycles. The minimum absolute atomic E-state index is 0.0470. The first-order chi connectivity index (χ1) is 17.0. The number of benzene rings is 2. The summed E-state index contributed by atoms with van der Waals surface area (Å²) < 4.78 is 11.3. The van der Waals surface area contributed by atoms with Crippen LogP contribution in [0.3, 0.4) is 0 Å². The second-order valence-electron chi connectivity index (χ2n) is 9.15. The number of carbonyl (C=O) groups excluding carboxylic acids is 2. The number of furan rings is 1. The van der Waals surface area contributed by atoms with E-state index in [4.69, 9.17) is 9.15 Å². The predicted molar refractivity (Wildman–Crippen MR) is 134 cm³/mol. The standard InChI is InChI=1S/C27H30N4O4/c1-27(15-20-16-28-23-8-4-3-7-22(20)23,26(33)29-18-25(32)31-10-12-34-13-11-31)30-17-21-14-19-6-2-5-9-24(19)35-21/h2-9,14,16,28,30H,10-13,15,17-18H2,1H3,(H,29,33). The van der Waals surface area contributed by atoms with Crippen LogP contribution in [-0.4, -0.2) is 60.1 Å². The molecule has 1 aliphatic heterocycles. The Hall–Kier alpha value is -3.62. The summed E-state index contributed by atoms with van der Waals surface area (Å²) in [4.78, 5) is 31.1. The van der Waals surface area contributed by atoms with Gasteiger partial charge in [0.05, 0.1) is 31.8 Å². The minimum Gasteiger partial charge on any atom is -0.460 e. The number of aromatic amines is 1. The Bertz CT molecular complexity index is 1300. The fraction of sp³-hybridized carbons (Fsp3) is 0.333. The summed E-state index contributed by atoms with van der Waals surface area (Å²) >= 11 is 0. The van der Waals surface area contributed by atoms with E-state index in [2.05, 4.69) is 15.6 Å². The zero-order chi connectivity index (χ0) is 24.3. The first-order valence-electron chi connectivity index (χ1n) is 11.9. The van der Waals surface area contributed by atoms with Gasteiger partial charge in [0.15, 0.2) is 0 Å². The highest BCUT2D eigenvalue weighted by Crippen LogP contribution is 2.24. The molecule has 0 radical (unpaired) electrons. The van der Waals surface area contributed by atoms with E-state index in [1.165, 1.54) is 0 Å². The van der Waals surface area contributed by atoms with Crippen LogP contribution in [0.2, 0.25) is 0 Å². The topological polar surface area (TPSA) is 99.6 Å². The Morgan fingerprint density at radius 1 is 1.09 bits per heavy atom. The van der Waals surface area contributed by atoms with Gasteiger partial charge in [-0.25, -0.2) is 0 Å². The molecule has 0 bridgehead atoms. The van der Waals surface area contributed by atoms with Gasteiger partial charge in [0.2, 0.25) is 11.8 Å². The molecule has 4 aromatic rings. The Labute approximate surface area is 203 Å². The van der Waals surface area contributed by atoms with Gasteiger partial charge < -0.3 is 24.4 Å². The smallest absolute Gasteiger partial charge is 0.242 e. The SMILES string of the molecule is CC(Cc1c[nH]c2ccccc12)(NCc1cc2ccccc2o1)C(=O)NCC(=O)N1CCOCC1. The van der Waals surface area contributed by atoms with E-state index < -0.39 is 5.54 Å². The number of amides is 2. The first kappa shape index (κ1) is 23.1. The van der Waals surface area contributed by atoms with E-state index in [9.17, 15) is 9.59 Å². The number of H-pyrrole nitrogens is 1. The first-order valence-corrected chi connectivity index (χ1v) is 11.9. The lowest BCUT2D eigenvalue weighted by molar-refractivity contribution is -0.137. The second-order valence-corrected chi connectivity index (χ2v) is 9.15. The van der Waals surface area contributed by atoms with E-state index in [0.29, 0.717) is 39.3 Å². The van der Waals surface area contributed by atoms with Crippen LogP contribution in [0, 0.1) is 0 Å². The molecule has 3 N–H and O–H groups in total. The third kappa shape index (κ3) is 5.08. The maximum Gasteiger partial charge on any atom is 0.242 e. The number of morpholine rings is 1. The van der Waals surface area contributed by atoms with E-state index in [1.54, 1.807) is 4.90 Å². The van der Waals surface area contributed by atoms with Gasteiger partial charge >= 0.3 is 0 Å². The molecule has 1 saturated heterocycles. The third-order valence-corrected chi connectivity index (χ3v) is 6.61. The number of fused-ring (bicyclic) bond motifs is 2. The van der Waals surface area contributed by atoms with Gasteiger partial charge in [0.25, 0.3) is 0 Å². The lowest BCUT2D eigenvalue weighted by Crippen LogP contribution is -2.57. The van der Waals surface area contributed by atoms with E-state index in [1.807, 2.05) is 67.7 Å². The van der Waals surface area contributed by atoms with E-state index >= 15 is 0 Å². The Kier molecular flexibility index (Phi) is 6.57. The van der Waals surface area contributed by atoms with Gasteiger partial charge in [0, 0.05) is 42.0 Å². The predicted octanol–water partition coefficient (Wildman–Crippen LogP) is 2.98. The van der Waals surface area contributed by atoms with E-state index in [-0.39, 0.29) is 18.4 Å². The molecule has 2 aromatic carbocycles. The molecule has 0 saturated carbocycles. The number of ether oxygens (including phenoxy) is 1. The number of nitrogens with zero attached hydrogens (tertiary/aromatic N) is 1. The molecule has 1 atom stereocenters. The third-order valence-electron chi connectivity index (χ3n) is 6.61. The summed E-state index contributed by atoms with van der Waals surface area (Å²) in [7, 11) is 0. The van der Waals surface area contributed by atoms with Gasteiger partial charge in [0.1, 0.15) is 11.3 Å². The molecule has 2 amide bonds. The maximum absolute atomic E-state index is 13.5. The van der Waals surface area contributed by atoms with Crippen molar-refractivity contribution in [2.75, 3.05) is 32.8 Å². The number of hydrogen-bond acceptors (Lipinski definition) is 5. The Balaban J connectivity index is 1.34. The molecular formula is C27H30N4O4. The molecule has 8 heteroatoms. The van der Waals surface area contributed by atoms with Gasteiger partial charge in [-0.2, -0.15) is 0 Å². The lowest BCUT2D eigenvalue weighted by atomic mass is 9.91. The van der Waals surface area contributed by atoms with Crippen molar-refractivity contribution in [2.24, 2.45) is 0 Å². The number of aromatic nitrogens is 1. The fourth-order valence-corrected chi connectivity index (χ4v) is 4.56. The van der Waals surface area contributed by atoms with Crippen molar-refractivity contribution < 1.29 is 18.7 Å². The Morgan fingerprint density at radius 3 is 2.69 bits per heavy atom. The maximum atomic E-state index is 13.5. The summed E-state index contributed by atoms with van der Waals surface area (Å²) in [6.45, 7) is 4.34. The molecule has 35 heavy (non-hydrogen) atoms. The summed E-state index contributed by atoms with van der Waals surface area (Å²) in [6, 6.07) is 17.8. The molecule has 182 valence electrons. The summed E-state index contributed by atoms with van der Waals surface area (Å²) in [5.74, 6) is 0.405. The number of rotatable bonds is 8. The van der Waals surface area contributed by atoms with Gasteiger partial charge in [-0.15, -0.1) is 0 Å². The minimum atomic E-state index is -0.977. The number of carbonyl (C=O) groups is 2. The Morgan fingerprint density at radius 2 is 1.86 bits per heavy atom. The van der Waals surface area contributed by atoms with Crippen molar-refractivity contribution in [3.05, 3.63) is 72.1 Å². The second kappa shape index (κ2) is 9.93. The molecule has 1 fully saturated rings. The van der Waals surface area contributed by atoms with Gasteiger partial charge in [-0.1, -0.05) is 36.4 Å². The summed E-state index contributed by atoms with van der Waals surface area (Å²) in [5.41, 5.74) is 1.87. The van der Waals surface area contributed by atoms with Crippen molar-refractivity contribution in [1.29, 1.82) is 0 Å². The van der Waals surface area contributed by atoms with Crippen LogP contribution in [0.4, 0.5) is 0 Å². The zero-order valence-corrected chi connectivity index (χ0v) is 19.8. The monoisotopic (exact) mass is 474 g/mol. The fourth-order valence-electron chi connectivity index (χ4n) is 4.56. The number of nitrogens with one attached hydrogen (secondary N) is 3. The van der Waals surface area contributed by atoms with Crippen molar-refractivity contribution in [3.63, 3.8) is 0 Å². The molecule has 0 spiro atoms. The molecular weight excluding hydrogens is 444 g/mol. The lowest BCUT2D eigenvalue weighted by Gasteiger charge is -2.31. The van der Waals surface area contributed by atoms with Crippen molar-refractivity contribution in [2.45, 2.75) is 25.4 Å². The largest absolute Gasteiger partial charge is 0.460 e. The molecule has 1 aliphatic rings. The summed E-state index contributed by atoms with van der Waals surface area (Å²) in [5, 5.41) is 8.37. The summed E-state index contributed by atoms with van der Waals surface area (Å²) in [6.07, 6.45) is 2.38. The zero-order valence-electron chi connectivity index (χ0n) is 19.8. The van der Waals surface area contributed by atoms with Gasteiger partial charge in [-0.05, 0) is 30.7 Å². The highest BCUT2D eigenvalue weighted by molar-refractivity contribution is 5.91. The number of para-hydroxylation sites is 2. The quantitative estimate of drug-likeness (QED) is 0.365. The average Bonchev–Trinajstić information content (AvgIpc) is 3.50. The van der Waals surface area contributed by atoms with Crippen molar-refractivity contribution >= 4 is 33.7 Å². The van der Waals surface area contributed by atoms with Crippen LogP contribution in [-0.2, 0) is 27.3 Å². The highest BCUT2D eigenvalue weighted by Gasteiger charge is 2.34. The van der Waals surface area contributed by atoms with Crippen LogP contribution in [0.25, 0.3) is 21.9 Å². The van der Waals surface area contributed by atoms with Crippen LogP contribution < -0.4 is 10.6 Å². The number of hydrogen-bond donors (Lipinski definition) is 3. The van der Waals surface area contributed by atoms with Crippen LogP contribution >= 0.6 is 0 Å². The molecule has 0 aliphatic carbocycles. The van der Waals surface area contributed by atoms with Crippen molar-refractivity contribution in [1.82, 2.24) is 20.5 Å². The molecule has 1 unspecified atom stereocenters. The van der Waals surface area contributed by atoms with Crippen LogP contribution in [0.1, 0.15) is 18.2 Å². The molecule has 5 rings (SSSR count).